The van der Waals surface area contributed by atoms with Gasteiger partial charge in [0.1, 0.15) is 0 Å². The van der Waals surface area contributed by atoms with Crippen LogP contribution in [0.2, 0.25) is 0 Å². The average molecular weight is 242 g/mol. The minimum atomic E-state index is -0.434. The van der Waals surface area contributed by atoms with Crippen LogP contribution in [0.15, 0.2) is 36.5 Å². The molecule has 0 spiro atoms. The lowest BCUT2D eigenvalue weighted by Gasteiger charge is -2.06. The molecule has 0 aliphatic heterocycles. The molecule has 0 unspecified atom stereocenters. The maximum absolute atomic E-state index is 11.1. The van der Waals surface area contributed by atoms with Gasteiger partial charge in [-0.05, 0) is 42.3 Å². The van der Waals surface area contributed by atoms with E-state index >= 15 is 0 Å². The smallest absolute Gasteiger partial charge is 0.248 e. The van der Waals surface area contributed by atoms with Crippen molar-refractivity contribution in [2.75, 3.05) is 0 Å². The van der Waals surface area contributed by atoms with E-state index in [1.807, 2.05) is 19.1 Å². The molecular formula is C14H14N2O2. The second-order valence-electron chi connectivity index (χ2n) is 4.10. The number of primary amides is 1. The van der Waals surface area contributed by atoms with Crippen LogP contribution in [-0.2, 0) is 6.61 Å². The van der Waals surface area contributed by atoms with Crippen LogP contribution in [0.25, 0.3) is 11.3 Å². The van der Waals surface area contributed by atoms with E-state index in [2.05, 4.69) is 4.98 Å². The Hall–Kier alpha value is -2.20. The summed E-state index contributed by atoms with van der Waals surface area (Å²) in [7, 11) is 0. The van der Waals surface area contributed by atoms with E-state index in [4.69, 9.17) is 10.8 Å². The standard InChI is InChI=1S/C14H14N2O2/c1-9-6-11(2-3-12(9)14(15)18)13-7-10(8-17)4-5-16-13/h2-7,17H,8H2,1H3,(H2,15,18). The molecule has 1 amide bonds. The SMILES string of the molecule is Cc1cc(-c2cc(CO)ccn2)ccc1C(N)=O. The first kappa shape index (κ1) is 12.3. The van der Waals surface area contributed by atoms with Gasteiger partial charge in [-0.3, -0.25) is 9.78 Å². The van der Waals surface area contributed by atoms with Crippen molar-refractivity contribution in [3.63, 3.8) is 0 Å². The van der Waals surface area contributed by atoms with Crippen LogP contribution in [0, 0.1) is 6.92 Å². The molecule has 0 saturated heterocycles. The van der Waals surface area contributed by atoms with Gasteiger partial charge < -0.3 is 10.8 Å². The van der Waals surface area contributed by atoms with Gasteiger partial charge >= 0.3 is 0 Å². The number of aromatic nitrogens is 1. The number of carbonyl (C=O) groups is 1. The number of nitrogens with two attached hydrogens (primary N) is 1. The van der Waals surface area contributed by atoms with Crippen LogP contribution in [0.5, 0.6) is 0 Å². The highest BCUT2D eigenvalue weighted by Crippen LogP contribution is 2.21. The Labute approximate surface area is 105 Å². The summed E-state index contributed by atoms with van der Waals surface area (Å²) in [5.41, 5.74) is 9.05. The van der Waals surface area contributed by atoms with Gasteiger partial charge in [-0.15, -0.1) is 0 Å². The van der Waals surface area contributed by atoms with Crippen molar-refractivity contribution >= 4 is 5.91 Å². The fourth-order valence-electron chi connectivity index (χ4n) is 1.83. The van der Waals surface area contributed by atoms with E-state index in [1.54, 1.807) is 24.4 Å². The molecule has 18 heavy (non-hydrogen) atoms. The second-order valence-corrected chi connectivity index (χ2v) is 4.10. The monoisotopic (exact) mass is 242 g/mol. The Kier molecular flexibility index (Phi) is 3.39. The topological polar surface area (TPSA) is 76.2 Å². The van der Waals surface area contributed by atoms with Crippen LogP contribution in [-0.4, -0.2) is 16.0 Å². The lowest BCUT2D eigenvalue weighted by Crippen LogP contribution is -2.12. The second kappa shape index (κ2) is 4.98. The maximum Gasteiger partial charge on any atom is 0.248 e. The number of hydrogen-bond acceptors (Lipinski definition) is 3. The third-order valence-corrected chi connectivity index (χ3v) is 2.79. The van der Waals surface area contributed by atoms with Gasteiger partial charge in [0, 0.05) is 17.3 Å². The molecule has 92 valence electrons. The number of pyridine rings is 1. The number of aliphatic hydroxyl groups is 1. The summed E-state index contributed by atoms with van der Waals surface area (Å²) in [5.74, 6) is -0.434. The molecule has 0 saturated carbocycles. The summed E-state index contributed by atoms with van der Waals surface area (Å²) in [4.78, 5) is 15.4. The molecule has 4 nitrogen and oxygen atoms in total. The largest absolute Gasteiger partial charge is 0.392 e. The molecule has 1 aromatic heterocycles. The van der Waals surface area contributed by atoms with Crippen LogP contribution in [0.1, 0.15) is 21.5 Å². The van der Waals surface area contributed by atoms with Crippen LogP contribution in [0.4, 0.5) is 0 Å². The number of hydrogen-bond donors (Lipinski definition) is 2. The van der Waals surface area contributed by atoms with Crippen molar-refractivity contribution < 1.29 is 9.90 Å². The molecule has 2 aromatic rings. The maximum atomic E-state index is 11.1. The Morgan fingerprint density at radius 3 is 2.72 bits per heavy atom. The van der Waals surface area contributed by atoms with Gasteiger partial charge in [0.15, 0.2) is 0 Å². The van der Waals surface area contributed by atoms with E-state index in [-0.39, 0.29) is 6.61 Å². The predicted octanol–water partition coefficient (Wildman–Crippen LogP) is 1.65. The molecule has 4 heteroatoms. The number of rotatable bonds is 3. The molecular weight excluding hydrogens is 228 g/mol. The molecule has 2 rings (SSSR count). The normalized spacial score (nSPS) is 10.3. The van der Waals surface area contributed by atoms with E-state index in [9.17, 15) is 4.79 Å². The van der Waals surface area contributed by atoms with E-state index in [0.29, 0.717) is 5.56 Å². The van der Waals surface area contributed by atoms with Crippen molar-refractivity contribution in [2.24, 2.45) is 5.73 Å². The van der Waals surface area contributed by atoms with E-state index < -0.39 is 5.91 Å². The Morgan fingerprint density at radius 1 is 1.33 bits per heavy atom. The number of aryl methyl sites for hydroxylation is 1. The molecule has 0 fully saturated rings. The molecule has 0 radical (unpaired) electrons. The highest BCUT2D eigenvalue weighted by molar-refractivity contribution is 5.94. The molecule has 0 atom stereocenters. The first-order valence-electron chi connectivity index (χ1n) is 5.58. The van der Waals surface area contributed by atoms with Gasteiger partial charge in [-0.2, -0.15) is 0 Å². The minimum Gasteiger partial charge on any atom is -0.392 e. The molecule has 0 bridgehead atoms. The summed E-state index contributed by atoms with van der Waals surface area (Å²) >= 11 is 0. The summed E-state index contributed by atoms with van der Waals surface area (Å²) in [5, 5.41) is 9.09. The number of carbonyl (C=O) groups excluding carboxylic acids is 1. The summed E-state index contributed by atoms with van der Waals surface area (Å²) in [6.45, 7) is 1.81. The van der Waals surface area contributed by atoms with E-state index in [1.165, 1.54) is 0 Å². The lowest BCUT2D eigenvalue weighted by molar-refractivity contribution is 0.0999. The fraction of sp³-hybridized carbons (Fsp3) is 0.143. The Balaban J connectivity index is 2.45. The van der Waals surface area contributed by atoms with Gasteiger partial charge in [-0.25, -0.2) is 0 Å². The van der Waals surface area contributed by atoms with Gasteiger partial charge in [-0.1, -0.05) is 6.07 Å². The molecule has 1 heterocycles. The summed E-state index contributed by atoms with van der Waals surface area (Å²) < 4.78 is 0. The van der Waals surface area contributed by atoms with Crippen LogP contribution in [0.3, 0.4) is 0 Å². The molecule has 0 aliphatic carbocycles. The number of aliphatic hydroxyl groups excluding tert-OH is 1. The fourth-order valence-corrected chi connectivity index (χ4v) is 1.83. The zero-order valence-electron chi connectivity index (χ0n) is 10.1. The minimum absolute atomic E-state index is 0.0200. The van der Waals surface area contributed by atoms with Crippen molar-refractivity contribution in [1.82, 2.24) is 4.98 Å². The van der Waals surface area contributed by atoms with E-state index in [0.717, 1.165) is 22.4 Å². The highest BCUT2D eigenvalue weighted by atomic mass is 16.3. The highest BCUT2D eigenvalue weighted by Gasteiger charge is 2.07. The number of amides is 1. The quantitative estimate of drug-likeness (QED) is 0.859. The third-order valence-electron chi connectivity index (χ3n) is 2.79. The summed E-state index contributed by atoms with van der Waals surface area (Å²) in [6.07, 6.45) is 1.65. The zero-order valence-corrected chi connectivity index (χ0v) is 10.1. The van der Waals surface area contributed by atoms with Gasteiger partial charge in [0.2, 0.25) is 5.91 Å². The zero-order chi connectivity index (χ0) is 13.1. The summed E-state index contributed by atoms with van der Waals surface area (Å²) in [6, 6.07) is 8.94. The Bertz CT molecular complexity index is 594. The van der Waals surface area contributed by atoms with Gasteiger partial charge in [0.05, 0.1) is 12.3 Å². The van der Waals surface area contributed by atoms with Crippen LogP contribution >= 0.6 is 0 Å². The molecule has 3 N–H and O–H groups in total. The first-order valence-corrected chi connectivity index (χ1v) is 5.58. The first-order chi connectivity index (χ1) is 8.61. The van der Waals surface area contributed by atoms with Gasteiger partial charge in [0.25, 0.3) is 0 Å². The number of benzene rings is 1. The molecule has 1 aromatic carbocycles. The van der Waals surface area contributed by atoms with Crippen molar-refractivity contribution in [3.05, 3.63) is 53.2 Å². The number of nitrogens with zero attached hydrogens (tertiary/aromatic N) is 1. The lowest BCUT2D eigenvalue weighted by atomic mass is 10.0. The third kappa shape index (κ3) is 2.38. The molecule has 0 aliphatic rings. The van der Waals surface area contributed by atoms with Crippen molar-refractivity contribution in [1.29, 1.82) is 0 Å². The van der Waals surface area contributed by atoms with Crippen molar-refractivity contribution in [3.8, 4) is 11.3 Å². The average Bonchev–Trinajstić information content (AvgIpc) is 2.38. The Morgan fingerprint density at radius 2 is 2.11 bits per heavy atom. The van der Waals surface area contributed by atoms with Crippen molar-refractivity contribution in [2.45, 2.75) is 13.5 Å². The van der Waals surface area contributed by atoms with Crippen LogP contribution < -0.4 is 5.73 Å². The predicted molar refractivity (Wildman–Crippen MR) is 68.9 cm³/mol.